The highest BCUT2D eigenvalue weighted by Crippen LogP contribution is 2.60. The summed E-state index contributed by atoms with van der Waals surface area (Å²) in [6.07, 6.45) is 14.2. The lowest BCUT2D eigenvalue weighted by molar-refractivity contribution is 0.0130. The summed E-state index contributed by atoms with van der Waals surface area (Å²) in [6, 6.07) is 14.5. The number of sulfonamides is 1. The number of carbonyl (C=O) groups excluding carboxylic acids is 2. The molecule has 3 atom stereocenters. The van der Waals surface area contributed by atoms with Crippen LogP contribution in [-0.4, -0.2) is 74.3 Å². The molecule has 2 N–H and O–H groups in total. The van der Waals surface area contributed by atoms with Gasteiger partial charge in [-0.05, 0) is 140 Å². The van der Waals surface area contributed by atoms with Crippen LogP contribution in [0.1, 0.15) is 121 Å². The molecule has 3 aliphatic rings. The first-order valence-corrected chi connectivity index (χ1v) is 22.4. The zero-order chi connectivity index (χ0) is 42.0. The molecular formula is C43H55ClN8O6S. The van der Waals surface area contributed by atoms with Crippen LogP contribution in [0.15, 0.2) is 72.0 Å². The van der Waals surface area contributed by atoms with Gasteiger partial charge >= 0.3 is 6.09 Å². The Bertz CT molecular complexity index is 2240. The molecule has 1 spiro atoms. The largest absolute Gasteiger partial charge is 0.477 e. The van der Waals surface area contributed by atoms with Gasteiger partial charge in [-0.25, -0.2) is 24.2 Å². The Hall–Kier alpha value is -4.76. The maximum absolute atomic E-state index is 13.5. The number of hydrogen-bond acceptors (Lipinski definition) is 11. The van der Waals surface area contributed by atoms with Crippen LogP contribution < -0.4 is 14.8 Å². The van der Waals surface area contributed by atoms with Gasteiger partial charge in [-0.3, -0.25) is 9.78 Å². The highest BCUT2D eigenvalue weighted by atomic mass is 35.5. The Morgan fingerprint density at radius 2 is 1.81 bits per heavy atom. The second kappa shape index (κ2) is 17.1. The topological polar surface area (TPSA) is 171 Å². The van der Waals surface area contributed by atoms with E-state index in [1.54, 1.807) is 35.5 Å². The van der Waals surface area contributed by atoms with E-state index in [2.05, 4.69) is 30.1 Å². The van der Waals surface area contributed by atoms with Crippen LogP contribution in [0.3, 0.4) is 0 Å². The molecule has 14 nitrogen and oxygen atoms in total. The molecule has 3 fully saturated rings. The summed E-state index contributed by atoms with van der Waals surface area (Å²) in [5.74, 6) is 1.06. The first kappa shape index (κ1) is 42.4. The van der Waals surface area contributed by atoms with Gasteiger partial charge < -0.3 is 19.7 Å². The molecule has 4 aromatic heterocycles. The van der Waals surface area contributed by atoms with E-state index in [0.717, 1.165) is 30.9 Å². The van der Waals surface area contributed by atoms with Gasteiger partial charge in [0.05, 0.1) is 23.9 Å². The van der Waals surface area contributed by atoms with E-state index in [9.17, 15) is 18.0 Å². The van der Waals surface area contributed by atoms with Gasteiger partial charge in [0, 0.05) is 30.5 Å². The monoisotopic (exact) mass is 846 g/mol. The van der Waals surface area contributed by atoms with E-state index in [-0.39, 0.29) is 45.2 Å². The third-order valence-electron chi connectivity index (χ3n) is 11.9. The lowest BCUT2D eigenvalue weighted by Gasteiger charge is -2.33. The predicted molar refractivity (Wildman–Crippen MR) is 224 cm³/mol. The number of pyridine rings is 3. The highest BCUT2D eigenvalue weighted by Gasteiger charge is 2.49. The van der Waals surface area contributed by atoms with Crippen molar-refractivity contribution in [3.8, 4) is 11.7 Å². The zero-order valence-electron chi connectivity index (χ0n) is 34.5. The first-order chi connectivity index (χ1) is 28.0. The van der Waals surface area contributed by atoms with Crippen molar-refractivity contribution in [3.63, 3.8) is 0 Å². The molecule has 1 saturated heterocycles. The Labute approximate surface area is 351 Å². The van der Waals surface area contributed by atoms with Crippen molar-refractivity contribution < 1.29 is 27.5 Å². The van der Waals surface area contributed by atoms with Gasteiger partial charge in [0.25, 0.3) is 15.9 Å². The van der Waals surface area contributed by atoms with Crippen LogP contribution in [0.5, 0.6) is 5.88 Å². The van der Waals surface area contributed by atoms with Crippen LogP contribution in [-0.2, 0) is 14.8 Å². The number of rotatable bonds is 14. The molecule has 316 valence electrons. The molecule has 4 aromatic rings. The van der Waals surface area contributed by atoms with Crippen molar-refractivity contribution in [2.24, 2.45) is 17.3 Å². The SMILES string of the molecule is CC(C)(C)OC(=O)N1C[C@H](CCC(Nc2cccc(S(=O)(=O)NC(=O)c3ccc(-n4ccc(OCCC5CCCCC56CC6)n4)nc3Cl)n2)c2ccccn2)CC1(C)C. The summed E-state index contributed by atoms with van der Waals surface area (Å²) in [4.78, 5) is 41.4. The number of ether oxygens (including phenoxy) is 2. The van der Waals surface area contributed by atoms with Crippen LogP contribution in [0.2, 0.25) is 5.15 Å². The van der Waals surface area contributed by atoms with Gasteiger partial charge in [0.2, 0.25) is 5.88 Å². The van der Waals surface area contributed by atoms with E-state index < -0.39 is 21.5 Å². The minimum atomic E-state index is -4.43. The lowest BCUT2D eigenvalue weighted by Crippen LogP contribution is -2.45. The van der Waals surface area contributed by atoms with Crippen molar-refractivity contribution in [2.45, 2.75) is 121 Å². The van der Waals surface area contributed by atoms with Crippen molar-refractivity contribution in [1.29, 1.82) is 0 Å². The second-order valence-electron chi connectivity index (χ2n) is 17.8. The third-order valence-corrected chi connectivity index (χ3v) is 13.4. The lowest BCUT2D eigenvalue weighted by atomic mass is 9.75. The number of nitrogens with zero attached hydrogens (tertiary/aromatic N) is 6. The molecule has 2 aliphatic carbocycles. The summed E-state index contributed by atoms with van der Waals surface area (Å²) >= 11 is 6.44. The molecule has 0 bridgehead atoms. The fourth-order valence-electron chi connectivity index (χ4n) is 8.74. The Morgan fingerprint density at radius 3 is 2.54 bits per heavy atom. The van der Waals surface area contributed by atoms with Crippen molar-refractivity contribution in [2.75, 3.05) is 18.5 Å². The Kier molecular flexibility index (Phi) is 12.3. The average molecular weight is 847 g/mol. The van der Waals surface area contributed by atoms with Crippen LogP contribution >= 0.6 is 11.6 Å². The maximum Gasteiger partial charge on any atom is 0.410 e. The average Bonchev–Trinajstić information content (AvgIpc) is 3.65. The summed E-state index contributed by atoms with van der Waals surface area (Å²) in [5, 5.41) is 7.28. The van der Waals surface area contributed by atoms with Crippen molar-refractivity contribution in [1.82, 2.24) is 34.4 Å². The van der Waals surface area contributed by atoms with Gasteiger partial charge in [-0.15, -0.1) is 5.10 Å². The summed E-state index contributed by atoms with van der Waals surface area (Å²) in [7, 11) is -4.43. The van der Waals surface area contributed by atoms with E-state index in [1.165, 1.54) is 61.4 Å². The molecule has 2 unspecified atom stereocenters. The number of amides is 2. The van der Waals surface area contributed by atoms with Gasteiger partial charge in [-0.2, -0.15) is 8.42 Å². The Balaban J connectivity index is 0.967. The highest BCUT2D eigenvalue weighted by molar-refractivity contribution is 7.90. The van der Waals surface area contributed by atoms with E-state index in [1.807, 2.05) is 52.8 Å². The summed E-state index contributed by atoms with van der Waals surface area (Å²) in [5.41, 5.74) is 0.213. The third kappa shape index (κ3) is 10.3. The molecule has 2 saturated carbocycles. The minimum absolute atomic E-state index is 0.131. The fourth-order valence-corrected chi connectivity index (χ4v) is 9.91. The van der Waals surface area contributed by atoms with Gasteiger partial charge in [-0.1, -0.05) is 36.6 Å². The maximum atomic E-state index is 13.5. The van der Waals surface area contributed by atoms with E-state index in [4.69, 9.17) is 21.1 Å². The zero-order valence-corrected chi connectivity index (χ0v) is 36.1. The molecule has 7 rings (SSSR count). The first-order valence-electron chi connectivity index (χ1n) is 20.6. The van der Waals surface area contributed by atoms with Crippen LogP contribution in [0, 0.1) is 17.3 Å². The number of carbonyl (C=O) groups is 2. The number of halogens is 1. The van der Waals surface area contributed by atoms with Crippen LogP contribution in [0.4, 0.5) is 10.6 Å². The molecule has 0 radical (unpaired) electrons. The molecule has 5 heterocycles. The van der Waals surface area contributed by atoms with Gasteiger partial charge in [0.1, 0.15) is 16.6 Å². The number of nitrogens with one attached hydrogen (secondary N) is 2. The normalized spacial score (nSPS) is 20.2. The van der Waals surface area contributed by atoms with Gasteiger partial charge in [0.15, 0.2) is 10.8 Å². The van der Waals surface area contributed by atoms with Crippen LogP contribution in [0.25, 0.3) is 5.82 Å². The summed E-state index contributed by atoms with van der Waals surface area (Å²) < 4.78 is 42.3. The smallest absolute Gasteiger partial charge is 0.410 e. The number of likely N-dealkylation sites (tertiary alicyclic amines) is 1. The second-order valence-corrected chi connectivity index (χ2v) is 19.8. The minimum Gasteiger partial charge on any atom is -0.477 e. The predicted octanol–water partition coefficient (Wildman–Crippen LogP) is 8.54. The number of hydrogen-bond donors (Lipinski definition) is 2. The quantitative estimate of drug-likeness (QED) is 0.117. The number of anilines is 1. The molecule has 1 aliphatic heterocycles. The Morgan fingerprint density at radius 1 is 1.00 bits per heavy atom. The number of aromatic nitrogens is 5. The fraction of sp³-hybridized carbons (Fsp3) is 0.535. The molecule has 16 heteroatoms. The molecule has 0 aromatic carbocycles. The molecule has 2 amide bonds. The van der Waals surface area contributed by atoms with E-state index in [0.29, 0.717) is 36.7 Å². The van der Waals surface area contributed by atoms with Crippen molar-refractivity contribution in [3.05, 3.63) is 83.4 Å². The standard InChI is InChI=1S/C43H55ClN8O6S/c1-41(2,3)58-40(54)51-28-29(27-42(51,4)5)15-17-33(32-12-7-9-24-45-32)46-34-13-10-14-37(47-34)59(55,56)50-39(53)31-16-18-35(48-38(31)44)52-25-19-36(49-52)57-26-20-30-11-6-8-21-43(30)22-23-43/h7,9-10,12-14,16,18-19,24-25,29-30,33H,6,8,11,15,17,20-23,26-28H2,1-5H3,(H,46,47)(H,50,53)/t29-,30?,33?/m1/s1. The molecule has 59 heavy (non-hydrogen) atoms. The van der Waals surface area contributed by atoms with E-state index >= 15 is 0 Å². The molecular weight excluding hydrogens is 792 g/mol. The van der Waals surface area contributed by atoms with Crippen molar-refractivity contribution >= 4 is 39.4 Å². The summed E-state index contributed by atoms with van der Waals surface area (Å²) in [6.45, 7) is 10.8.